The Labute approximate surface area is 105 Å². The molecule has 0 aromatic heterocycles. The zero-order valence-electron chi connectivity index (χ0n) is 10.4. The number of ketones is 2. The van der Waals surface area contributed by atoms with Crippen molar-refractivity contribution in [2.45, 2.75) is 19.4 Å². The number of nitrogens with zero attached hydrogens (tertiary/aromatic N) is 1. The van der Waals surface area contributed by atoms with Crippen LogP contribution in [0.4, 0.5) is 0 Å². The predicted molar refractivity (Wildman–Crippen MR) is 67.1 cm³/mol. The van der Waals surface area contributed by atoms with Crippen LogP contribution in [0.5, 0.6) is 0 Å². The van der Waals surface area contributed by atoms with Gasteiger partial charge in [-0.15, -0.1) is 0 Å². The third-order valence-corrected chi connectivity index (χ3v) is 3.57. The first kappa shape index (κ1) is 11.0. The minimum absolute atomic E-state index is 0.0734. The van der Waals surface area contributed by atoms with Gasteiger partial charge in [0.2, 0.25) is 11.6 Å². The van der Waals surface area contributed by atoms with Crippen LogP contribution in [0.25, 0.3) is 0 Å². The third kappa shape index (κ3) is 1.32. The zero-order chi connectivity index (χ0) is 13.1. The molecule has 1 aliphatic carbocycles. The molecule has 1 aliphatic heterocycles. The lowest BCUT2D eigenvalue weighted by Gasteiger charge is -2.21. The van der Waals surface area contributed by atoms with E-state index in [4.69, 9.17) is 5.73 Å². The van der Waals surface area contributed by atoms with Crippen LogP contribution in [0.2, 0.25) is 0 Å². The fraction of sp³-hybridized carbons (Fsp3) is 0.286. The summed E-state index contributed by atoms with van der Waals surface area (Å²) in [6.45, 7) is 4.79. The van der Waals surface area contributed by atoms with Crippen molar-refractivity contribution < 1.29 is 9.59 Å². The van der Waals surface area contributed by atoms with Gasteiger partial charge in [0.1, 0.15) is 11.4 Å². The van der Waals surface area contributed by atoms with Crippen LogP contribution in [0, 0.1) is 0 Å². The van der Waals surface area contributed by atoms with Crippen molar-refractivity contribution in [3.05, 3.63) is 46.8 Å². The summed E-state index contributed by atoms with van der Waals surface area (Å²) < 4.78 is 0. The Morgan fingerprint density at radius 3 is 2.11 bits per heavy atom. The number of carbonyl (C=O) groups excluding carboxylic acids is 2. The lowest BCUT2D eigenvalue weighted by atomic mass is 9.90. The number of Topliss-reactive ketones (excluding diaryl/α,β-unsaturated/α-hetero) is 2. The SMILES string of the molecule is CC1(C)CN1C1=C(N)C(=O)c2ccccc2C1=O. The van der Waals surface area contributed by atoms with Crippen LogP contribution in [-0.4, -0.2) is 28.6 Å². The molecule has 0 amide bonds. The standard InChI is InChI=1S/C14H14N2O2/c1-14(2)7-16(14)11-10(15)12(17)8-5-3-4-6-9(8)13(11)18/h3-6H,7,15H2,1-2H3. The van der Waals surface area contributed by atoms with Gasteiger partial charge in [0.05, 0.1) is 5.54 Å². The molecule has 1 fully saturated rings. The van der Waals surface area contributed by atoms with E-state index in [1.807, 2.05) is 18.7 Å². The maximum atomic E-state index is 12.4. The van der Waals surface area contributed by atoms with Crippen LogP contribution in [-0.2, 0) is 0 Å². The number of nitrogens with two attached hydrogens (primary N) is 1. The second kappa shape index (κ2) is 3.22. The Kier molecular flexibility index (Phi) is 1.97. The summed E-state index contributed by atoms with van der Waals surface area (Å²) in [7, 11) is 0. The molecule has 0 unspecified atom stereocenters. The van der Waals surface area contributed by atoms with Crippen LogP contribution < -0.4 is 5.73 Å². The van der Waals surface area contributed by atoms with E-state index in [2.05, 4.69) is 0 Å². The van der Waals surface area contributed by atoms with Crippen molar-refractivity contribution in [3.63, 3.8) is 0 Å². The number of hydrogen-bond donors (Lipinski definition) is 1. The van der Waals surface area contributed by atoms with E-state index < -0.39 is 0 Å². The minimum Gasteiger partial charge on any atom is -0.394 e. The normalized spacial score (nSPS) is 21.1. The average molecular weight is 242 g/mol. The zero-order valence-corrected chi connectivity index (χ0v) is 10.4. The highest BCUT2D eigenvalue weighted by Crippen LogP contribution is 2.39. The molecule has 0 bridgehead atoms. The molecule has 18 heavy (non-hydrogen) atoms. The highest BCUT2D eigenvalue weighted by atomic mass is 16.1. The summed E-state index contributed by atoms with van der Waals surface area (Å²) in [5.74, 6) is -0.392. The Hall–Kier alpha value is -2.10. The summed E-state index contributed by atoms with van der Waals surface area (Å²) in [5, 5.41) is 0. The number of carbonyl (C=O) groups is 2. The van der Waals surface area contributed by atoms with Crippen molar-refractivity contribution in [3.8, 4) is 0 Å². The lowest BCUT2D eigenvalue weighted by Crippen LogP contribution is -2.31. The maximum absolute atomic E-state index is 12.4. The van der Waals surface area contributed by atoms with Crippen molar-refractivity contribution in [2.24, 2.45) is 5.73 Å². The van der Waals surface area contributed by atoms with Gasteiger partial charge >= 0.3 is 0 Å². The van der Waals surface area contributed by atoms with E-state index in [1.165, 1.54) is 0 Å². The van der Waals surface area contributed by atoms with Crippen molar-refractivity contribution in [2.75, 3.05) is 6.54 Å². The van der Waals surface area contributed by atoms with Gasteiger partial charge in [-0.05, 0) is 13.8 Å². The quantitative estimate of drug-likeness (QED) is 0.755. The van der Waals surface area contributed by atoms with E-state index in [9.17, 15) is 9.59 Å². The van der Waals surface area contributed by atoms with Crippen LogP contribution in [0.15, 0.2) is 35.7 Å². The molecule has 92 valence electrons. The van der Waals surface area contributed by atoms with Crippen molar-refractivity contribution in [1.82, 2.24) is 4.90 Å². The first-order chi connectivity index (χ1) is 8.43. The average Bonchev–Trinajstić information content (AvgIpc) is 2.95. The number of fused-ring (bicyclic) bond motifs is 1. The predicted octanol–water partition coefficient (Wildman–Crippen LogP) is 1.33. The number of allylic oxidation sites excluding steroid dienone is 2. The Balaban J connectivity index is 2.15. The first-order valence-electron chi connectivity index (χ1n) is 5.89. The summed E-state index contributed by atoms with van der Waals surface area (Å²) in [5.41, 5.74) is 7.07. The molecule has 0 radical (unpaired) electrons. The fourth-order valence-electron chi connectivity index (χ4n) is 2.38. The molecule has 3 rings (SSSR count). The molecule has 0 saturated carbocycles. The van der Waals surface area contributed by atoms with Gasteiger partial charge in [-0.1, -0.05) is 24.3 Å². The molecule has 1 aromatic carbocycles. The molecule has 4 nitrogen and oxygen atoms in total. The van der Waals surface area contributed by atoms with Crippen LogP contribution >= 0.6 is 0 Å². The smallest absolute Gasteiger partial charge is 0.212 e. The van der Waals surface area contributed by atoms with Crippen molar-refractivity contribution in [1.29, 1.82) is 0 Å². The van der Waals surface area contributed by atoms with E-state index in [1.54, 1.807) is 24.3 Å². The molecule has 0 atom stereocenters. The van der Waals surface area contributed by atoms with Gasteiger partial charge in [-0.25, -0.2) is 0 Å². The molecule has 1 heterocycles. The van der Waals surface area contributed by atoms with Gasteiger partial charge in [-0.2, -0.15) is 0 Å². The molecule has 2 aliphatic rings. The number of rotatable bonds is 1. The Morgan fingerprint density at radius 2 is 1.61 bits per heavy atom. The van der Waals surface area contributed by atoms with Gasteiger partial charge in [0, 0.05) is 17.7 Å². The van der Waals surface area contributed by atoms with Crippen LogP contribution in [0.1, 0.15) is 34.6 Å². The fourth-order valence-corrected chi connectivity index (χ4v) is 2.38. The summed E-state index contributed by atoms with van der Waals surface area (Å²) >= 11 is 0. The number of benzene rings is 1. The second-order valence-electron chi connectivity index (χ2n) is 5.36. The third-order valence-electron chi connectivity index (χ3n) is 3.57. The molecular formula is C14H14N2O2. The van der Waals surface area contributed by atoms with Gasteiger partial charge < -0.3 is 10.6 Å². The largest absolute Gasteiger partial charge is 0.394 e. The van der Waals surface area contributed by atoms with Crippen LogP contribution in [0.3, 0.4) is 0 Å². The maximum Gasteiger partial charge on any atom is 0.212 e. The van der Waals surface area contributed by atoms with E-state index in [0.29, 0.717) is 16.8 Å². The Morgan fingerprint density at radius 1 is 1.11 bits per heavy atom. The van der Waals surface area contributed by atoms with Gasteiger partial charge in [0.25, 0.3) is 0 Å². The van der Waals surface area contributed by atoms with Gasteiger partial charge in [-0.3, -0.25) is 9.59 Å². The lowest BCUT2D eigenvalue weighted by molar-refractivity contribution is 0.0956. The Bertz CT molecular complexity index is 614. The molecule has 0 spiro atoms. The van der Waals surface area contributed by atoms with E-state index in [0.717, 1.165) is 6.54 Å². The van der Waals surface area contributed by atoms with Gasteiger partial charge in [0.15, 0.2) is 0 Å². The topological polar surface area (TPSA) is 63.2 Å². The molecule has 2 N–H and O–H groups in total. The second-order valence-corrected chi connectivity index (χ2v) is 5.36. The monoisotopic (exact) mass is 242 g/mol. The molecular weight excluding hydrogens is 228 g/mol. The highest BCUT2D eigenvalue weighted by molar-refractivity contribution is 6.26. The minimum atomic E-state index is -0.247. The molecule has 1 aromatic rings. The summed E-state index contributed by atoms with van der Waals surface area (Å²) in [6, 6.07) is 6.82. The first-order valence-corrected chi connectivity index (χ1v) is 5.89. The van der Waals surface area contributed by atoms with E-state index in [-0.39, 0.29) is 22.8 Å². The number of hydrogen-bond acceptors (Lipinski definition) is 4. The van der Waals surface area contributed by atoms with E-state index >= 15 is 0 Å². The summed E-state index contributed by atoms with van der Waals surface area (Å²) in [6.07, 6.45) is 0. The summed E-state index contributed by atoms with van der Waals surface area (Å²) in [4.78, 5) is 26.5. The molecule has 1 saturated heterocycles. The highest BCUT2D eigenvalue weighted by Gasteiger charge is 2.49. The van der Waals surface area contributed by atoms with Crippen molar-refractivity contribution >= 4 is 11.6 Å². The molecule has 4 heteroatoms.